The molecule has 1 unspecified atom stereocenters. The van der Waals surface area contributed by atoms with Crippen LogP contribution < -0.4 is 15.8 Å². The van der Waals surface area contributed by atoms with E-state index in [-0.39, 0.29) is 12.6 Å². The molecule has 0 aliphatic carbocycles. The Kier molecular flexibility index (Phi) is 5.97. The molecule has 0 spiro atoms. The maximum atomic E-state index is 8.78. The van der Waals surface area contributed by atoms with E-state index in [0.29, 0.717) is 6.54 Å². The number of aliphatic hydroxyl groups is 1. The highest BCUT2D eigenvalue weighted by atomic mass is 16.5. The molecular formula is C13H22N2O2. The quantitative estimate of drug-likeness (QED) is 0.604. The van der Waals surface area contributed by atoms with Crippen LogP contribution in [0.25, 0.3) is 0 Å². The average molecular weight is 238 g/mol. The highest BCUT2D eigenvalue weighted by molar-refractivity contribution is 5.37. The Labute approximate surface area is 103 Å². The van der Waals surface area contributed by atoms with Crippen molar-refractivity contribution in [2.45, 2.75) is 19.4 Å². The summed E-state index contributed by atoms with van der Waals surface area (Å²) in [6.45, 7) is 3.54. The number of ether oxygens (including phenoxy) is 1. The Balaban J connectivity index is 2.42. The average Bonchev–Trinajstić information content (AvgIpc) is 2.34. The molecule has 0 radical (unpaired) electrons. The number of nitrogens with two attached hydrogens (primary N) is 1. The molecule has 0 aliphatic rings. The van der Waals surface area contributed by atoms with Crippen molar-refractivity contribution in [3.05, 3.63) is 29.3 Å². The molecule has 1 aromatic rings. The van der Waals surface area contributed by atoms with Gasteiger partial charge in [-0.25, -0.2) is 0 Å². The van der Waals surface area contributed by atoms with Gasteiger partial charge in [0.15, 0.2) is 0 Å². The normalized spacial score (nSPS) is 12.5. The van der Waals surface area contributed by atoms with Crippen LogP contribution in [0.5, 0.6) is 5.75 Å². The Morgan fingerprint density at radius 1 is 1.47 bits per heavy atom. The summed E-state index contributed by atoms with van der Waals surface area (Å²) in [6, 6.07) is 5.98. The molecule has 96 valence electrons. The minimum atomic E-state index is -0.186. The Morgan fingerprint density at radius 2 is 2.24 bits per heavy atom. The summed E-state index contributed by atoms with van der Waals surface area (Å²) < 4.78 is 5.31. The molecule has 0 bridgehead atoms. The van der Waals surface area contributed by atoms with E-state index in [4.69, 9.17) is 15.6 Å². The zero-order chi connectivity index (χ0) is 12.7. The summed E-state index contributed by atoms with van der Waals surface area (Å²) in [6.07, 6.45) is 0.892. The first-order chi connectivity index (χ1) is 8.17. The molecule has 0 saturated carbocycles. The van der Waals surface area contributed by atoms with Crippen molar-refractivity contribution >= 4 is 0 Å². The third kappa shape index (κ3) is 4.73. The lowest BCUT2D eigenvalue weighted by atomic mass is 10.1. The van der Waals surface area contributed by atoms with E-state index in [1.807, 2.05) is 12.1 Å². The first-order valence-electron chi connectivity index (χ1n) is 5.88. The molecule has 1 atom stereocenters. The number of methoxy groups -OCH3 is 1. The monoisotopic (exact) mass is 238 g/mol. The van der Waals surface area contributed by atoms with Crippen molar-refractivity contribution in [1.29, 1.82) is 0 Å². The van der Waals surface area contributed by atoms with E-state index in [2.05, 4.69) is 18.3 Å². The maximum absolute atomic E-state index is 8.78. The van der Waals surface area contributed by atoms with Crippen LogP contribution in [-0.4, -0.2) is 38.0 Å². The van der Waals surface area contributed by atoms with Crippen molar-refractivity contribution in [2.75, 3.05) is 26.8 Å². The molecule has 0 heterocycles. The highest BCUT2D eigenvalue weighted by Gasteiger charge is 2.03. The molecule has 0 saturated heterocycles. The summed E-state index contributed by atoms with van der Waals surface area (Å²) in [4.78, 5) is 0. The van der Waals surface area contributed by atoms with E-state index in [9.17, 15) is 0 Å². The molecule has 4 N–H and O–H groups in total. The van der Waals surface area contributed by atoms with Crippen LogP contribution in [0.4, 0.5) is 0 Å². The second-order valence-electron chi connectivity index (χ2n) is 4.21. The van der Waals surface area contributed by atoms with E-state index < -0.39 is 0 Å². The van der Waals surface area contributed by atoms with Gasteiger partial charge < -0.3 is 20.9 Å². The van der Waals surface area contributed by atoms with Gasteiger partial charge in [0.1, 0.15) is 5.75 Å². The predicted octanol–water partition coefficient (Wildman–Crippen LogP) is 0.455. The Hall–Kier alpha value is -1.10. The van der Waals surface area contributed by atoms with Gasteiger partial charge in [-0.1, -0.05) is 17.7 Å². The second-order valence-corrected chi connectivity index (χ2v) is 4.21. The molecule has 4 nitrogen and oxygen atoms in total. The first kappa shape index (κ1) is 14.0. The zero-order valence-electron chi connectivity index (χ0n) is 10.6. The second kappa shape index (κ2) is 7.27. The molecule has 0 fully saturated rings. The SMILES string of the molecule is COc1ccc(C)cc1CCNCC(N)CO. The van der Waals surface area contributed by atoms with Gasteiger partial charge in [0, 0.05) is 12.6 Å². The summed E-state index contributed by atoms with van der Waals surface area (Å²) in [5, 5.41) is 12.0. The number of hydrogen-bond acceptors (Lipinski definition) is 4. The number of hydrogen-bond donors (Lipinski definition) is 3. The summed E-state index contributed by atoms with van der Waals surface area (Å²) in [5.74, 6) is 0.920. The van der Waals surface area contributed by atoms with Crippen LogP contribution in [0.2, 0.25) is 0 Å². The van der Waals surface area contributed by atoms with Crippen LogP contribution in [0.1, 0.15) is 11.1 Å². The summed E-state index contributed by atoms with van der Waals surface area (Å²) >= 11 is 0. The number of aryl methyl sites for hydroxylation is 1. The smallest absolute Gasteiger partial charge is 0.122 e. The fourth-order valence-corrected chi connectivity index (χ4v) is 1.68. The van der Waals surface area contributed by atoms with Gasteiger partial charge in [-0.05, 0) is 31.5 Å². The van der Waals surface area contributed by atoms with Gasteiger partial charge >= 0.3 is 0 Å². The van der Waals surface area contributed by atoms with Crippen molar-refractivity contribution in [2.24, 2.45) is 5.73 Å². The van der Waals surface area contributed by atoms with E-state index in [1.165, 1.54) is 11.1 Å². The van der Waals surface area contributed by atoms with E-state index in [0.717, 1.165) is 18.7 Å². The number of nitrogens with one attached hydrogen (secondary N) is 1. The summed E-state index contributed by atoms with van der Waals surface area (Å²) in [5.41, 5.74) is 8.02. The predicted molar refractivity (Wildman–Crippen MR) is 69.4 cm³/mol. The largest absolute Gasteiger partial charge is 0.496 e. The molecule has 0 aromatic heterocycles. The molecule has 4 heteroatoms. The molecule has 1 rings (SSSR count). The van der Waals surface area contributed by atoms with Gasteiger partial charge in [-0.15, -0.1) is 0 Å². The van der Waals surface area contributed by atoms with E-state index in [1.54, 1.807) is 7.11 Å². The minimum Gasteiger partial charge on any atom is -0.496 e. The lowest BCUT2D eigenvalue weighted by molar-refractivity contribution is 0.262. The summed E-state index contributed by atoms with van der Waals surface area (Å²) in [7, 11) is 1.68. The molecule has 17 heavy (non-hydrogen) atoms. The van der Waals surface area contributed by atoms with Crippen LogP contribution >= 0.6 is 0 Å². The zero-order valence-corrected chi connectivity index (χ0v) is 10.6. The van der Waals surface area contributed by atoms with Crippen molar-refractivity contribution in [3.8, 4) is 5.75 Å². The minimum absolute atomic E-state index is 0.0146. The standard InChI is InChI=1S/C13H22N2O2/c1-10-3-4-13(17-2)11(7-10)5-6-15-8-12(14)9-16/h3-4,7,12,15-16H,5-6,8-9,14H2,1-2H3. The van der Waals surface area contributed by atoms with Crippen molar-refractivity contribution < 1.29 is 9.84 Å². The molecular weight excluding hydrogens is 216 g/mol. The van der Waals surface area contributed by atoms with Gasteiger partial charge in [0.2, 0.25) is 0 Å². The van der Waals surface area contributed by atoms with E-state index >= 15 is 0 Å². The Morgan fingerprint density at radius 3 is 2.88 bits per heavy atom. The van der Waals surface area contributed by atoms with Gasteiger partial charge in [-0.2, -0.15) is 0 Å². The maximum Gasteiger partial charge on any atom is 0.122 e. The molecule has 0 aliphatic heterocycles. The number of benzene rings is 1. The lowest BCUT2D eigenvalue weighted by Gasteiger charge is -2.12. The highest BCUT2D eigenvalue weighted by Crippen LogP contribution is 2.19. The molecule has 1 aromatic carbocycles. The van der Waals surface area contributed by atoms with Crippen molar-refractivity contribution in [3.63, 3.8) is 0 Å². The third-order valence-electron chi connectivity index (χ3n) is 2.65. The lowest BCUT2D eigenvalue weighted by Crippen LogP contribution is -2.37. The Bertz CT molecular complexity index is 342. The van der Waals surface area contributed by atoms with Crippen molar-refractivity contribution in [1.82, 2.24) is 5.32 Å². The van der Waals surface area contributed by atoms with Gasteiger partial charge in [0.25, 0.3) is 0 Å². The molecule has 0 amide bonds. The van der Waals surface area contributed by atoms with Crippen LogP contribution in [0.3, 0.4) is 0 Å². The topological polar surface area (TPSA) is 67.5 Å². The van der Waals surface area contributed by atoms with Gasteiger partial charge in [-0.3, -0.25) is 0 Å². The van der Waals surface area contributed by atoms with Crippen LogP contribution in [0, 0.1) is 6.92 Å². The fourth-order valence-electron chi connectivity index (χ4n) is 1.68. The first-order valence-corrected chi connectivity index (χ1v) is 5.88. The number of aliphatic hydroxyl groups excluding tert-OH is 1. The van der Waals surface area contributed by atoms with Crippen LogP contribution in [0.15, 0.2) is 18.2 Å². The van der Waals surface area contributed by atoms with Gasteiger partial charge in [0.05, 0.1) is 13.7 Å². The number of rotatable bonds is 7. The fraction of sp³-hybridized carbons (Fsp3) is 0.538. The van der Waals surface area contributed by atoms with Crippen LogP contribution in [-0.2, 0) is 6.42 Å². The third-order valence-corrected chi connectivity index (χ3v) is 2.65.